The molecule has 0 saturated carbocycles. The van der Waals surface area contributed by atoms with Gasteiger partial charge >= 0.3 is 5.97 Å². The highest BCUT2D eigenvalue weighted by Gasteiger charge is 2.09. The fraction of sp³-hybridized carbons (Fsp3) is 0.667. The van der Waals surface area contributed by atoms with E-state index in [0.29, 0.717) is 18.9 Å². The maximum absolute atomic E-state index is 11.1. The minimum atomic E-state index is -0.475. The zero-order valence-corrected chi connectivity index (χ0v) is 8.51. The van der Waals surface area contributed by atoms with E-state index in [4.69, 9.17) is 21.4 Å². The number of halogens is 1. The highest BCUT2D eigenvalue weighted by molar-refractivity contribution is 6.18. The number of aliphatic hydroxyl groups excluding tert-OH is 1. The van der Waals surface area contributed by atoms with E-state index in [1.54, 1.807) is 0 Å². The van der Waals surface area contributed by atoms with Crippen molar-refractivity contribution in [2.24, 2.45) is 0 Å². The molecule has 0 unspecified atom stereocenters. The summed E-state index contributed by atoms with van der Waals surface area (Å²) in [6.07, 6.45) is 2.91. The smallest absolute Gasteiger partial charge is 0.337 e. The Bertz CT molecular complexity index is 178. The molecule has 0 aliphatic carbocycles. The van der Waals surface area contributed by atoms with Gasteiger partial charge in [0, 0.05) is 5.88 Å². The zero-order valence-electron chi connectivity index (χ0n) is 7.75. The molecule has 0 aromatic heterocycles. The van der Waals surface area contributed by atoms with Gasteiger partial charge in [0.15, 0.2) is 0 Å². The number of carbonyl (C=O) groups excluding carboxylic acids is 1. The number of ether oxygens (including phenoxy) is 1. The molecule has 0 bridgehead atoms. The quantitative estimate of drug-likeness (QED) is 0.239. The third-order valence-corrected chi connectivity index (χ3v) is 1.70. The lowest BCUT2D eigenvalue weighted by Gasteiger charge is -2.04. The number of esters is 1. The SMILES string of the molecule is CCCCOC(=O)C(=CO)CCCl. The van der Waals surface area contributed by atoms with Crippen LogP contribution in [0.2, 0.25) is 0 Å². The Labute approximate surface area is 83.3 Å². The summed E-state index contributed by atoms with van der Waals surface area (Å²) in [5.74, 6) is -0.175. The van der Waals surface area contributed by atoms with Crippen LogP contribution in [0.5, 0.6) is 0 Å². The summed E-state index contributed by atoms with van der Waals surface area (Å²) in [4.78, 5) is 11.1. The van der Waals surface area contributed by atoms with Crippen LogP contribution in [0.25, 0.3) is 0 Å². The van der Waals surface area contributed by atoms with Crippen molar-refractivity contribution in [2.75, 3.05) is 12.5 Å². The van der Waals surface area contributed by atoms with Crippen molar-refractivity contribution in [1.82, 2.24) is 0 Å². The maximum atomic E-state index is 11.1. The van der Waals surface area contributed by atoms with Crippen LogP contribution in [0, 0.1) is 0 Å². The standard InChI is InChI=1S/C9H15ClO3/c1-2-3-6-13-9(12)8(7-11)4-5-10/h7,11H,2-6H2,1H3. The van der Waals surface area contributed by atoms with Gasteiger partial charge in [-0.1, -0.05) is 13.3 Å². The third-order valence-electron chi connectivity index (χ3n) is 1.51. The molecule has 0 rings (SSSR count). The van der Waals surface area contributed by atoms with Crippen LogP contribution < -0.4 is 0 Å². The molecule has 1 N–H and O–H groups in total. The lowest BCUT2D eigenvalue weighted by Crippen LogP contribution is -2.09. The molecule has 0 radical (unpaired) electrons. The van der Waals surface area contributed by atoms with Gasteiger partial charge in [-0.25, -0.2) is 4.79 Å². The Kier molecular flexibility index (Phi) is 7.50. The second-order valence-corrected chi connectivity index (χ2v) is 2.96. The lowest BCUT2D eigenvalue weighted by molar-refractivity contribution is -0.139. The van der Waals surface area contributed by atoms with Gasteiger partial charge in [0.2, 0.25) is 0 Å². The monoisotopic (exact) mass is 206 g/mol. The van der Waals surface area contributed by atoms with Crippen molar-refractivity contribution < 1.29 is 14.6 Å². The highest BCUT2D eigenvalue weighted by Crippen LogP contribution is 2.05. The molecule has 76 valence electrons. The summed E-state index contributed by atoms with van der Waals surface area (Å²) < 4.78 is 4.86. The minimum absolute atomic E-state index is 0.228. The molecule has 0 aromatic carbocycles. The van der Waals surface area contributed by atoms with E-state index in [-0.39, 0.29) is 5.57 Å². The highest BCUT2D eigenvalue weighted by atomic mass is 35.5. The van der Waals surface area contributed by atoms with Gasteiger partial charge in [0.25, 0.3) is 0 Å². The molecule has 0 aliphatic heterocycles. The van der Waals surface area contributed by atoms with Gasteiger partial charge < -0.3 is 9.84 Å². The summed E-state index contributed by atoms with van der Waals surface area (Å²) in [5, 5.41) is 8.66. The molecule has 13 heavy (non-hydrogen) atoms. The molecular weight excluding hydrogens is 192 g/mol. The second-order valence-electron chi connectivity index (χ2n) is 2.58. The lowest BCUT2D eigenvalue weighted by atomic mass is 10.2. The maximum Gasteiger partial charge on any atom is 0.337 e. The normalized spacial score (nSPS) is 11.4. The van der Waals surface area contributed by atoms with Crippen LogP contribution in [0.15, 0.2) is 11.8 Å². The van der Waals surface area contributed by atoms with Crippen LogP contribution in [-0.4, -0.2) is 23.6 Å². The van der Waals surface area contributed by atoms with Gasteiger partial charge in [0.05, 0.1) is 18.4 Å². The first-order valence-electron chi connectivity index (χ1n) is 4.32. The van der Waals surface area contributed by atoms with Crippen molar-refractivity contribution in [3.63, 3.8) is 0 Å². The summed E-state index contributed by atoms with van der Waals surface area (Å²) >= 11 is 5.42. The van der Waals surface area contributed by atoms with Crippen molar-refractivity contribution in [3.05, 3.63) is 11.8 Å². The molecule has 0 aromatic rings. The van der Waals surface area contributed by atoms with E-state index >= 15 is 0 Å². The van der Waals surface area contributed by atoms with Gasteiger partial charge in [-0.05, 0) is 12.8 Å². The first-order chi connectivity index (χ1) is 6.26. The van der Waals surface area contributed by atoms with E-state index in [1.807, 2.05) is 6.92 Å². The Balaban J connectivity index is 3.79. The van der Waals surface area contributed by atoms with Crippen molar-refractivity contribution in [2.45, 2.75) is 26.2 Å². The van der Waals surface area contributed by atoms with E-state index < -0.39 is 5.97 Å². The molecule has 3 nitrogen and oxygen atoms in total. The van der Waals surface area contributed by atoms with Crippen LogP contribution >= 0.6 is 11.6 Å². The summed E-state index contributed by atoms with van der Waals surface area (Å²) in [6.45, 7) is 2.41. The fourth-order valence-electron chi connectivity index (χ4n) is 0.723. The van der Waals surface area contributed by atoms with Crippen LogP contribution in [-0.2, 0) is 9.53 Å². The van der Waals surface area contributed by atoms with Crippen molar-refractivity contribution in [1.29, 1.82) is 0 Å². The summed E-state index contributed by atoms with van der Waals surface area (Å²) in [5.41, 5.74) is 0.228. The first kappa shape index (κ1) is 12.3. The zero-order chi connectivity index (χ0) is 10.1. The molecule has 0 heterocycles. The average Bonchev–Trinajstić information content (AvgIpc) is 2.14. The number of rotatable bonds is 6. The molecule has 0 atom stereocenters. The van der Waals surface area contributed by atoms with Gasteiger partial charge in [-0.2, -0.15) is 0 Å². The molecule has 0 amide bonds. The number of hydrogen-bond donors (Lipinski definition) is 1. The van der Waals surface area contributed by atoms with E-state index in [0.717, 1.165) is 19.1 Å². The molecule has 4 heteroatoms. The minimum Gasteiger partial charge on any atom is -0.515 e. The number of unbranched alkanes of at least 4 members (excludes halogenated alkanes) is 1. The van der Waals surface area contributed by atoms with Gasteiger partial charge in [-0.15, -0.1) is 11.6 Å². The van der Waals surface area contributed by atoms with Crippen molar-refractivity contribution >= 4 is 17.6 Å². The Hall–Kier alpha value is -0.700. The molecule has 0 saturated heterocycles. The number of hydrogen-bond acceptors (Lipinski definition) is 3. The summed E-state index contributed by atoms with van der Waals surface area (Å²) in [7, 11) is 0. The van der Waals surface area contributed by atoms with E-state index in [9.17, 15) is 4.79 Å². The second kappa shape index (κ2) is 7.92. The topological polar surface area (TPSA) is 46.5 Å². The van der Waals surface area contributed by atoms with Gasteiger partial charge in [0.1, 0.15) is 0 Å². The number of carbonyl (C=O) groups is 1. The predicted octanol–water partition coefficient (Wildman–Crippen LogP) is 2.40. The molecular formula is C9H15ClO3. The van der Waals surface area contributed by atoms with Crippen LogP contribution in [0.4, 0.5) is 0 Å². The van der Waals surface area contributed by atoms with Crippen LogP contribution in [0.1, 0.15) is 26.2 Å². The van der Waals surface area contributed by atoms with Gasteiger partial charge in [-0.3, -0.25) is 0 Å². The van der Waals surface area contributed by atoms with Crippen LogP contribution in [0.3, 0.4) is 0 Å². The number of alkyl halides is 1. The predicted molar refractivity (Wildman–Crippen MR) is 51.9 cm³/mol. The first-order valence-corrected chi connectivity index (χ1v) is 4.86. The number of aliphatic hydroxyl groups is 1. The third kappa shape index (κ3) is 5.53. The average molecular weight is 207 g/mol. The largest absolute Gasteiger partial charge is 0.515 e. The molecule has 0 fully saturated rings. The fourth-order valence-corrected chi connectivity index (χ4v) is 0.927. The molecule has 0 aliphatic rings. The molecule has 0 spiro atoms. The van der Waals surface area contributed by atoms with E-state index in [1.165, 1.54) is 0 Å². The van der Waals surface area contributed by atoms with Crippen molar-refractivity contribution in [3.8, 4) is 0 Å². The Morgan fingerprint density at radius 2 is 2.31 bits per heavy atom. The Morgan fingerprint density at radius 1 is 1.62 bits per heavy atom. The Morgan fingerprint density at radius 3 is 2.77 bits per heavy atom. The van der Waals surface area contributed by atoms with E-state index in [2.05, 4.69) is 0 Å². The summed E-state index contributed by atoms with van der Waals surface area (Å²) in [6, 6.07) is 0.